The van der Waals surface area contributed by atoms with Gasteiger partial charge in [-0.1, -0.05) is 0 Å². The minimum absolute atomic E-state index is 0.0721. The molecule has 0 bridgehead atoms. The van der Waals surface area contributed by atoms with Crippen molar-refractivity contribution < 1.29 is 19.3 Å². The standard InChI is InChI=1S/C19H20N4O4S/c1-4-27-14-7-5-13(6-8-14)18-21-22-19(28)23(18)20-11-12-9-15(25-2)17(24)16(10-12)26-3/h5-11,24H,4H2,1-3H3,(H,22,28)/b20-11+. The molecular formula is C19H20N4O4S. The zero-order chi connectivity index (χ0) is 20.1. The van der Waals surface area contributed by atoms with Gasteiger partial charge in [0, 0.05) is 11.1 Å². The fourth-order valence-electron chi connectivity index (χ4n) is 2.57. The smallest absolute Gasteiger partial charge is 0.216 e. The van der Waals surface area contributed by atoms with E-state index in [0.717, 1.165) is 11.3 Å². The molecule has 0 spiro atoms. The predicted octanol–water partition coefficient (Wildman–Crippen LogP) is 3.61. The van der Waals surface area contributed by atoms with Crippen LogP contribution in [0.3, 0.4) is 0 Å². The Balaban J connectivity index is 1.96. The highest BCUT2D eigenvalue weighted by Crippen LogP contribution is 2.36. The monoisotopic (exact) mass is 400 g/mol. The van der Waals surface area contributed by atoms with Crippen LogP contribution in [-0.4, -0.2) is 47.0 Å². The molecule has 2 aromatic carbocycles. The molecule has 0 saturated carbocycles. The van der Waals surface area contributed by atoms with Gasteiger partial charge in [-0.15, -0.1) is 0 Å². The van der Waals surface area contributed by atoms with Crippen molar-refractivity contribution >= 4 is 18.4 Å². The molecule has 0 radical (unpaired) electrons. The second-order valence-electron chi connectivity index (χ2n) is 5.64. The van der Waals surface area contributed by atoms with Crippen molar-refractivity contribution in [3.63, 3.8) is 0 Å². The molecule has 0 unspecified atom stereocenters. The minimum Gasteiger partial charge on any atom is -0.502 e. The van der Waals surface area contributed by atoms with Crippen LogP contribution in [0.25, 0.3) is 11.4 Å². The average Bonchev–Trinajstić information content (AvgIpc) is 3.08. The Hall–Kier alpha value is -3.33. The number of H-pyrrole nitrogens is 1. The maximum atomic E-state index is 10.0. The molecule has 0 aliphatic rings. The Kier molecular flexibility index (Phi) is 5.95. The molecule has 146 valence electrons. The number of nitrogens with one attached hydrogen (secondary N) is 1. The Morgan fingerprint density at radius 2 is 1.82 bits per heavy atom. The maximum absolute atomic E-state index is 10.0. The number of aromatic nitrogens is 3. The number of phenolic OH excluding ortho intramolecular Hbond substituents is 1. The van der Waals surface area contributed by atoms with Gasteiger partial charge in [-0.3, -0.25) is 0 Å². The normalized spacial score (nSPS) is 11.0. The van der Waals surface area contributed by atoms with Gasteiger partial charge < -0.3 is 19.3 Å². The van der Waals surface area contributed by atoms with Crippen LogP contribution in [0.4, 0.5) is 0 Å². The van der Waals surface area contributed by atoms with Gasteiger partial charge in [-0.25, -0.2) is 5.10 Å². The van der Waals surface area contributed by atoms with E-state index in [1.165, 1.54) is 18.9 Å². The number of methoxy groups -OCH3 is 2. The van der Waals surface area contributed by atoms with E-state index >= 15 is 0 Å². The van der Waals surface area contributed by atoms with Gasteiger partial charge in [0.15, 0.2) is 17.3 Å². The number of ether oxygens (including phenoxy) is 3. The highest BCUT2D eigenvalue weighted by Gasteiger charge is 2.11. The van der Waals surface area contributed by atoms with E-state index in [0.29, 0.717) is 22.8 Å². The Morgan fingerprint density at radius 3 is 2.39 bits per heavy atom. The van der Waals surface area contributed by atoms with Gasteiger partial charge >= 0.3 is 0 Å². The zero-order valence-electron chi connectivity index (χ0n) is 15.7. The van der Waals surface area contributed by atoms with Crippen LogP contribution in [0.2, 0.25) is 0 Å². The van der Waals surface area contributed by atoms with E-state index in [4.69, 9.17) is 26.4 Å². The summed E-state index contributed by atoms with van der Waals surface area (Å²) >= 11 is 5.29. The summed E-state index contributed by atoms with van der Waals surface area (Å²) in [7, 11) is 2.93. The van der Waals surface area contributed by atoms with Gasteiger partial charge in [0.25, 0.3) is 0 Å². The van der Waals surface area contributed by atoms with Gasteiger partial charge in [0.1, 0.15) is 5.75 Å². The van der Waals surface area contributed by atoms with Crippen molar-refractivity contribution in [1.82, 2.24) is 14.9 Å². The molecule has 9 heteroatoms. The second kappa shape index (κ2) is 8.57. The van der Waals surface area contributed by atoms with Crippen LogP contribution in [0.15, 0.2) is 41.5 Å². The van der Waals surface area contributed by atoms with Crippen LogP contribution in [0, 0.1) is 4.77 Å². The first kappa shape index (κ1) is 19.4. The van der Waals surface area contributed by atoms with Crippen LogP contribution < -0.4 is 14.2 Å². The van der Waals surface area contributed by atoms with Crippen molar-refractivity contribution in [2.24, 2.45) is 5.10 Å². The Morgan fingerprint density at radius 1 is 1.18 bits per heavy atom. The van der Waals surface area contributed by atoms with E-state index in [-0.39, 0.29) is 17.2 Å². The molecule has 28 heavy (non-hydrogen) atoms. The zero-order valence-corrected chi connectivity index (χ0v) is 16.5. The van der Waals surface area contributed by atoms with Crippen molar-refractivity contribution in [1.29, 1.82) is 0 Å². The van der Waals surface area contributed by atoms with Gasteiger partial charge in [0.2, 0.25) is 10.5 Å². The lowest BCUT2D eigenvalue weighted by Gasteiger charge is -2.09. The number of rotatable bonds is 7. The molecule has 3 rings (SSSR count). The van der Waals surface area contributed by atoms with Crippen LogP contribution in [0.1, 0.15) is 12.5 Å². The summed E-state index contributed by atoms with van der Waals surface area (Å²) in [6.45, 7) is 2.53. The molecule has 0 fully saturated rings. The lowest BCUT2D eigenvalue weighted by atomic mass is 10.2. The van der Waals surface area contributed by atoms with Gasteiger partial charge in [0.05, 0.1) is 27.0 Å². The predicted molar refractivity (Wildman–Crippen MR) is 108 cm³/mol. The van der Waals surface area contributed by atoms with E-state index in [1.54, 1.807) is 18.3 Å². The number of benzene rings is 2. The largest absolute Gasteiger partial charge is 0.502 e. The fraction of sp³-hybridized carbons (Fsp3) is 0.211. The first-order valence-corrected chi connectivity index (χ1v) is 8.88. The number of hydrogen-bond donors (Lipinski definition) is 2. The van der Waals surface area contributed by atoms with Crippen molar-refractivity contribution in [3.8, 4) is 34.4 Å². The molecule has 1 heterocycles. The topological polar surface area (TPSA) is 93.9 Å². The summed E-state index contributed by atoms with van der Waals surface area (Å²) in [4.78, 5) is 0. The summed E-state index contributed by atoms with van der Waals surface area (Å²) in [5, 5.41) is 21.4. The van der Waals surface area contributed by atoms with E-state index in [2.05, 4.69) is 15.3 Å². The third-order valence-electron chi connectivity index (χ3n) is 3.90. The maximum Gasteiger partial charge on any atom is 0.216 e. The van der Waals surface area contributed by atoms with E-state index in [9.17, 15) is 5.11 Å². The number of hydrogen-bond acceptors (Lipinski definition) is 7. The average molecular weight is 400 g/mol. The van der Waals surface area contributed by atoms with Gasteiger partial charge in [-0.2, -0.15) is 14.9 Å². The molecule has 0 amide bonds. The molecule has 2 N–H and O–H groups in total. The molecule has 0 saturated heterocycles. The second-order valence-corrected chi connectivity index (χ2v) is 6.03. The van der Waals surface area contributed by atoms with E-state index in [1.807, 2.05) is 31.2 Å². The quantitative estimate of drug-likeness (QED) is 0.465. The van der Waals surface area contributed by atoms with E-state index < -0.39 is 0 Å². The highest BCUT2D eigenvalue weighted by molar-refractivity contribution is 7.71. The lowest BCUT2D eigenvalue weighted by molar-refractivity contribution is 0.340. The summed E-state index contributed by atoms with van der Waals surface area (Å²) in [5.74, 6) is 1.82. The first-order valence-electron chi connectivity index (χ1n) is 8.47. The SMILES string of the molecule is CCOc1ccc(-c2n[nH]c(=S)n2/N=C/c2cc(OC)c(O)c(OC)c2)cc1. The highest BCUT2D eigenvalue weighted by atomic mass is 32.1. The molecular weight excluding hydrogens is 380 g/mol. The number of aromatic hydroxyl groups is 1. The van der Waals surface area contributed by atoms with Crippen molar-refractivity contribution in [3.05, 3.63) is 46.7 Å². The van der Waals surface area contributed by atoms with Crippen LogP contribution in [-0.2, 0) is 0 Å². The number of nitrogens with zero attached hydrogens (tertiary/aromatic N) is 3. The Labute approximate surface area is 167 Å². The third kappa shape index (κ3) is 3.99. The fourth-order valence-corrected chi connectivity index (χ4v) is 2.74. The molecule has 8 nitrogen and oxygen atoms in total. The number of aromatic amines is 1. The van der Waals surface area contributed by atoms with Crippen LogP contribution in [0.5, 0.6) is 23.0 Å². The molecule has 3 aromatic rings. The molecule has 0 atom stereocenters. The summed E-state index contributed by atoms with van der Waals surface area (Å²) in [6, 6.07) is 10.8. The first-order chi connectivity index (χ1) is 13.6. The van der Waals surface area contributed by atoms with Gasteiger partial charge in [-0.05, 0) is 55.5 Å². The third-order valence-corrected chi connectivity index (χ3v) is 4.16. The van der Waals surface area contributed by atoms with Crippen molar-refractivity contribution in [2.45, 2.75) is 6.92 Å². The minimum atomic E-state index is -0.0721. The number of phenols is 1. The summed E-state index contributed by atoms with van der Waals surface area (Å²) in [6.07, 6.45) is 1.58. The molecule has 0 aliphatic carbocycles. The summed E-state index contributed by atoms with van der Waals surface area (Å²) in [5.41, 5.74) is 1.49. The molecule has 0 aliphatic heterocycles. The Bertz CT molecular complexity index is 1020. The molecule has 1 aromatic heterocycles. The van der Waals surface area contributed by atoms with Crippen LogP contribution >= 0.6 is 12.2 Å². The lowest BCUT2D eigenvalue weighted by Crippen LogP contribution is -1.97. The summed E-state index contributed by atoms with van der Waals surface area (Å²) < 4.78 is 17.6. The van der Waals surface area contributed by atoms with Crippen molar-refractivity contribution in [2.75, 3.05) is 20.8 Å².